The van der Waals surface area contributed by atoms with Crippen LogP contribution in [0.4, 0.5) is 8.78 Å². The number of benzene rings is 2. The number of nitrogens with one attached hydrogen (secondary N) is 1. The Labute approximate surface area is 201 Å². The number of carbonyl (C=O) groups is 1. The number of aryl methyl sites for hydroxylation is 1. The van der Waals surface area contributed by atoms with E-state index in [0.29, 0.717) is 40.4 Å². The molecule has 0 saturated heterocycles. The molecule has 8 heteroatoms. The van der Waals surface area contributed by atoms with Gasteiger partial charge in [-0.25, -0.2) is 8.78 Å². The summed E-state index contributed by atoms with van der Waals surface area (Å²) in [4.78, 5) is 11.9. The Morgan fingerprint density at radius 2 is 2.06 bits per heavy atom. The molecule has 0 bridgehead atoms. The second-order valence-electron chi connectivity index (χ2n) is 10.6. The Hall–Kier alpha value is -3.73. The van der Waals surface area contributed by atoms with Crippen LogP contribution in [0.3, 0.4) is 0 Å². The average Bonchev–Trinajstić information content (AvgIpc) is 3.37. The third kappa shape index (κ3) is 3.33. The maximum atomic E-state index is 16.1. The highest BCUT2D eigenvalue weighted by Crippen LogP contribution is 2.56. The molecule has 6 nitrogen and oxygen atoms in total. The number of aliphatic carboxylic acids is 1. The largest absolute Gasteiger partial charge is 0.481 e. The van der Waals surface area contributed by atoms with Gasteiger partial charge in [-0.3, -0.25) is 9.89 Å². The number of nitriles is 1. The fourth-order valence-corrected chi connectivity index (χ4v) is 5.62. The minimum absolute atomic E-state index is 0.167. The molecule has 4 aromatic rings. The van der Waals surface area contributed by atoms with E-state index in [0.717, 1.165) is 11.3 Å². The van der Waals surface area contributed by atoms with Crippen LogP contribution < -0.4 is 0 Å². The standard InChI is InChI=1S/C27H26F2N4O2/c1-14-9-17(5-6-18(14)28)33-19-10-15-13-31-32-23(15)22(29)21(19)20(24(33)26(2,3)7-8-30)16-11-27(4,12-16)25(34)35/h5-6,9-10,13,16H,7,11-12H2,1-4H3,(H,31,32)(H,34,35)/t16-,27-. The van der Waals surface area contributed by atoms with Gasteiger partial charge in [-0.2, -0.15) is 10.4 Å². The van der Waals surface area contributed by atoms with Gasteiger partial charge in [0, 0.05) is 34.0 Å². The molecule has 0 amide bonds. The van der Waals surface area contributed by atoms with Crippen LogP contribution in [0, 0.1) is 35.3 Å². The Kier molecular flexibility index (Phi) is 5.03. The number of rotatable bonds is 5. The van der Waals surface area contributed by atoms with Crippen molar-refractivity contribution in [1.29, 1.82) is 5.26 Å². The van der Waals surface area contributed by atoms with Crippen LogP contribution >= 0.6 is 0 Å². The van der Waals surface area contributed by atoms with Gasteiger partial charge >= 0.3 is 5.97 Å². The van der Waals surface area contributed by atoms with Gasteiger partial charge in [0.05, 0.1) is 23.2 Å². The van der Waals surface area contributed by atoms with Crippen LogP contribution in [0.1, 0.15) is 62.8 Å². The summed E-state index contributed by atoms with van der Waals surface area (Å²) < 4.78 is 32.2. The summed E-state index contributed by atoms with van der Waals surface area (Å²) >= 11 is 0. The molecule has 0 atom stereocenters. The first-order valence-electron chi connectivity index (χ1n) is 11.6. The summed E-state index contributed by atoms with van der Waals surface area (Å²) in [5.41, 5.74) is 1.84. The highest BCUT2D eigenvalue weighted by molar-refractivity contribution is 6.00. The molecule has 1 saturated carbocycles. The average molecular weight is 477 g/mol. The molecule has 2 aromatic carbocycles. The van der Waals surface area contributed by atoms with Crippen molar-refractivity contribution >= 4 is 27.8 Å². The lowest BCUT2D eigenvalue weighted by molar-refractivity contribution is -0.154. The fraction of sp³-hybridized carbons (Fsp3) is 0.370. The molecular formula is C27H26F2N4O2. The number of carboxylic acids is 1. The van der Waals surface area contributed by atoms with Crippen molar-refractivity contribution in [2.45, 2.75) is 58.3 Å². The number of halogens is 2. The summed E-state index contributed by atoms with van der Waals surface area (Å²) in [6.45, 7) is 7.24. The van der Waals surface area contributed by atoms with E-state index in [1.54, 1.807) is 32.2 Å². The summed E-state index contributed by atoms with van der Waals surface area (Å²) in [5, 5.41) is 27.1. The molecule has 1 aliphatic rings. The zero-order valence-corrected chi connectivity index (χ0v) is 20.0. The first-order chi connectivity index (χ1) is 16.5. The Morgan fingerprint density at radius 3 is 2.69 bits per heavy atom. The van der Waals surface area contributed by atoms with Gasteiger partial charge in [0.25, 0.3) is 0 Å². The molecule has 0 spiro atoms. The van der Waals surface area contributed by atoms with Crippen molar-refractivity contribution in [1.82, 2.24) is 14.8 Å². The number of hydrogen-bond acceptors (Lipinski definition) is 3. The van der Waals surface area contributed by atoms with Crippen LogP contribution in [0.25, 0.3) is 27.5 Å². The minimum atomic E-state index is -0.892. The fourth-order valence-electron chi connectivity index (χ4n) is 5.62. The van der Waals surface area contributed by atoms with Crippen LogP contribution in [-0.4, -0.2) is 25.8 Å². The molecule has 1 aliphatic carbocycles. The Bertz CT molecular complexity index is 1550. The molecule has 35 heavy (non-hydrogen) atoms. The predicted molar refractivity (Wildman–Crippen MR) is 129 cm³/mol. The van der Waals surface area contributed by atoms with Gasteiger partial charge in [0.15, 0.2) is 5.82 Å². The van der Waals surface area contributed by atoms with Crippen LogP contribution in [0.2, 0.25) is 0 Å². The second-order valence-corrected chi connectivity index (χ2v) is 10.6. The first kappa shape index (κ1) is 23.0. The predicted octanol–water partition coefficient (Wildman–Crippen LogP) is 6.25. The van der Waals surface area contributed by atoms with Crippen molar-refractivity contribution in [3.63, 3.8) is 0 Å². The van der Waals surface area contributed by atoms with Crippen molar-refractivity contribution in [3.8, 4) is 11.8 Å². The lowest BCUT2D eigenvalue weighted by Gasteiger charge is -2.43. The van der Waals surface area contributed by atoms with Gasteiger partial charge in [-0.1, -0.05) is 13.8 Å². The van der Waals surface area contributed by atoms with E-state index in [1.807, 2.05) is 24.5 Å². The van der Waals surface area contributed by atoms with Gasteiger partial charge in [-0.05, 0) is 68.0 Å². The van der Waals surface area contributed by atoms with Gasteiger partial charge < -0.3 is 9.67 Å². The molecule has 180 valence electrons. The van der Waals surface area contributed by atoms with Gasteiger partial charge in [0.2, 0.25) is 0 Å². The quantitative estimate of drug-likeness (QED) is 0.356. The van der Waals surface area contributed by atoms with E-state index in [9.17, 15) is 19.6 Å². The SMILES string of the molecule is Cc1cc(-n2c(C(C)(C)CC#N)c([C@H]3C[C@](C)(C(=O)O)C3)c3c(F)c4[nH]ncc4cc32)ccc1F. The molecule has 0 unspecified atom stereocenters. The molecule has 0 aliphatic heterocycles. The maximum absolute atomic E-state index is 16.1. The molecule has 1 fully saturated rings. The molecule has 2 heterocycles. The Balaban J connectivity index is 1.92. The number of aromatic amines is 1. The van der Waals surface area contributed by atoms with E-state index in [4.69, 9.17) is 0 Å². The van der Waals surface area contributed by atoms with E-state index >= 15 is 4.39 Å². The summed E-state index contributed by atoms with van der Waals surface area (Å²) in [7, 11) is 0. The smallest absolute Gasteiger partial charge is 0.309 e. The topological polar surface area (TPSA) is 94.7 Å². The molecule has 0 radical (unpaired) electrons. The van der Waals surface area contributed by atoms with Crippen molar-refractivity contribution in [2.75, 3.05) is 0 Å². The number of nitrogens with zero attached hydrogens (tertiary/aromatic N) is 3. The summed E-state index contributed by atoms with van der Waals surface area (Å²) in [6.07, 6.45) is 2.44. The third-order valence-electron chi connectivity index (χ3n) is 7.53. The monoisotopic (exact) mass is 476 g/mol. The van der Waals surface area contributed by atoms with Crippen LogP contribution in [0.5, 0.6) is 0 Å². The molecule has 2 aromatic heterocycles. The molecular weight excluding hydrogens is 450 g/mol. The van der Waals surface area contributed by atoms with E-state index < -0.39 is 22.6 Å². The van der Waals surface area contributed by atoms with E-state index in [1.165, 1.54) is 6.07 Å². The normalized spacial score (nSPS) is 20.2. The highest BCUT2D eigenvalue weighted by atomic mass is 19.1. The number of aromatic nitrogens is 3. The first-order valence-corrected chi connectivity index (χ1v) is 11.6. The lowest BCUT2D eigenvalue weighted by atomic mass is 9.59. The number of carboxylic acid groups (broad SMARTS) is 1. The number of H-pyrrole nitrogens is 1. The second kappa shape index (κ2) is 7.64. The number of fused-ring (bicyclic) bond motifs is 2. The van der Waals surface area contributed by atoms with Gasteiger partial charge in [-0.15, -0.1) is 0 Å². The van der Waals surface area contributed by atoms with Crippen molar-refractivity contribution < 1.29 is 18.7 Å². The zero-order valence-electron chi connectivity index (χ0n) is 20.0. The minimum Gasteiger partial charge on any atom is -0.481 e. The van der Waals surface area contributed by atoms with Crippen molar-refractivity contribution in [2.24, 2.45) is 5.41 Å². The summed E-state index contributed by atoms with van der Waals surface area (Å²) in [6, 6.07) is 8.85. The zero-order chi connectivity index (χ0) is 25.3. The maximum Gasteiger partial charge on any atom is 0.309 e. The van der Waals surface area contributed by atoms with E-state index in [-0.39, 0.29) is 23.7 Å². The number of hydrogen-bond donors (Lipinski definition) is 2. The Morgan fingerprint density at radius 1 is 1.34 bits per heavy atom. The third-order valence-corrected chi connectivity index (χ3v) is 7.53. The van der Waals surface area contributed by atoms with E-state index in [2.05, 4.69) is 16.3 Å². The molecule has 2 N–H and O–H groups in total. The van der Waals surface area contributed by atoms with Gasteiger partial charge in [0.1, 0.15) is 11.3 Å². The lowest BCUT2D eigenvalue weighted by Crippen LogP contribution is -2.41. The van der Waals surface area contributed by atoms with Crippen LogP contribution in [-0.2, 0) is 10.2 Å². The van der Waals surface area contributed by atoms with Crippen LogP contribution in [0.15, 0.2) is 30.5 Å². The van der Waals surface area contributed by atoms with Crippen molar-refractivity contribution in [3.05, 3.63) is 58.9 Å². The molecule has 5 rings (SSSR count). The summed E-state index contributed by atoms with van der Waals surface area (Å²) in [5.74, 6) is -1.88. The highest BCUT2D eigenvalue weighted by Gasteiger charge is 2.50.